The molecule has 1 aliphatic heterocycles. The van der Waals surface area contributed by atoms with Crippen LogP contribution in [-0.2, 0) is 11.2 Å². The minimum Gasteiger partial charge on any atom is -0.479 e. The van der Waals surface area contributed by atoms with Crippen molar-refractivity contribution in [3.05, 3.63) is 23.8 Å². The number of ether oxygens (including phenoxy) is 1. The Morgan fingerprint density at radius 3 is 2.95 bits per heavy atom. The number of nitrogens with zero attached hydrogens (tertiary/aromatic N) is 1. The third kappa shape index (κ3) is 2.06. The lowest BCUT2D eigenvalue weighted by Crippen LogP contribution is -2.34. The average Bonchev–Trinajstić information content (AvgIpc) is 2.35. The fourth-order valence-electron chi connectivity index (χ4n) is 2.69. The van der Waals surface area contributed by atoms with E-state index in [0.29, 0.717) is 11.4 Å². The molecule has 0 aromatic heterocycles. The Labute approximate surface area is 112 Å². The van der Waals surface area contributed by atoms with E-state index < -0.39 is 6.10 Å². The molecule has 1 unspecified atom stereocenters. The molecular formula is C15H16N2O2. The maximum Gasteiger partial charge on any atom is 0.265 e. The minimum absolute atomic E-state index is 0.122. The van der Waals surface area contributed by atoms with Crippen LogP contribution in [0.3, 0.4) is 0 Å². The monoisotopic (exact) mass is 256 g/mol. The lowest BCUT2D eigenvalue weighted by atomic mass is 9.66. The van der Waals surface area contributed by atoms with Crippen molar-refractivity contribution in [3.63, 3.8) is 0 Å². The van der Waals surface area contributed by atoms with E-state index in [1.807, 2.05) is 18.2 Å². The lowest BCUT2D eigenvalue weighted by Gasteiger charge is -2.35. The summed E-state index contributed by atoms with van der Waals surface area (Å²) in [5.74, 6) is 0.582. The highest BCUT2D eigenvalue weighted by Gasteiger charge is 2.37. The summed E-state index contributed by atoms with van der Waals surface area (Å²) in [6, 6.07) is 8.23. The highest BCUT2D eigenvalue weighted by atomic mass is 16.5. The number of anilines is 1. The van der Waals surface area contributed by atoms with Crippen LogP contribution in [-0.4, -0.2) is 12.0 Å². The molecule has 0 bridgehead atoms. The number of nitrogens with one attached hydrogen (secondary N) is 1. The summed E-state index contributed by atoms with van der Waals surface area (Å²) in [4.78, 5) is 11.6. The van der Waals surface area contributed by atoms with Crippen LogP contribution in [0.15, 0.2) is 18.2 Å². The van der Waals surface area contributed by atoms with Gasteiger partial charge in [-0.3, -0.25) is 4.79 Å². The van der Waals surface area contributed by atoms with Crippen molar-refractivity contribution in [1.29, 1.82) is 5.26 Å². The van der Waals surface area contributed by atoms with Gasteiger partial charge in [-0.2, -0.15) is 5.26 Å². The number of benzene rings is 1. The number of hydrogen-bond donors (Lipinski definition) is 1. The smallest absolute Gasteiger partial charge is 0.265 e. The third-order valence-corrected chi connectivity index (χ3v) is 4.07. The molecule has 1 atom stereocenters. The van der Waals surface area contributed by atoms with Gasteiger partial charge in [0.05, 0.1) is 17.2 Å². The first-order chi connectivity index (χ1) is 9.12. The first kappa shape index (κ1) is 12.0. The van der Waals surface area contributed by atoms with Crippen molar-refractivity contribution < 1.29 is 9.53 Å². The van der Waals surface area contributed by atoms with Gasteiger partial charge in [-0.1, -0.05) is 12.5 Å². The molecule has 1 N–H and O–H groups in total. The molecule has 1 aromatic carbocycles. The van der Waals surface area contributed by atoms with Crippen molar-refractivity contribution in [2.24, 2.45) is 5.41 Å². The highest BCUT2D eigenvalue weighted by Crippen LogP contribution is 2.44. The number of nitriles is 1. The molecule has 4 nitrogen and oxygen atoms in total. The summed E-state index contributed by atoms with van der Waals surface area (Å²) < 4.78 is 5.52. The number of carbonyl (C=O) groups excluding carboxylic acids is 1. The second-order valence-corrected chi connectivity index (χ2v) is 5.50. The number of rotatable bonds is 2. The van der Waals surface area contributed by atoms with Gasteiger partial charge in [-0.05, 0) is 43.9 Å². The van der Waals surface area contributed by atoms with E-state index in [-0.39, 0.29) is 11.3 Å². The van der Waals surface area contributed by atoms with E-state index in [2.05, 4.69) is 11.4 Å². The van der Waals surface area contributed by atoms with Crippen LogP contribution in [0.5, 0.6) is 5.75 Å². The molecule has 1 aliphatic carbocycles. The number of carbonyl (C=O) groups is 1. The second kappa shape index (κ2) is 4.27. The normalized spacial score (nSPS) is 23.4. The van der Waals surface area contributed by atoms with Gasteiger partial charge in [0.1, 0.15) is 5.75 Å². The molecule has 1 heterocycles. The number of amides is 1. The van der Waals surface area contributed by atoms with Crippen LogP contribution in [0.2, 0.25) is 0 Å². The Balaban J connectivity index is 1.84. The van der Waals surface area contributed by atoms with E-state index in [9.17, 15) is 10.1 Å². The van der Waals surface area contributed by atoms with E-state index in [0.717, 1.165) is 31.2 Å². The first-order valence-corrected chi connectivity index (χ1v) is 6.64. The van der Waals surface area contributed by atoms with Crippen LogP contribution in [0.1, 0.15) is 31.7 Å². The molecule has 98 valence electrons. The maximum absolute atomic E-state index is 11.6. The lowest BCUT2D eigenvalue weighted by molar-refractivity contribution is -0.122. The average molecular weight is 256 g/mol. The molecule has 1 fully saturated rings. The predicted octanol–water partition coefficient (Wildman–Crippen LogP) is 2.64. The SMILES string of the molecule is CC1Oc2ccc(CC3(C#N)CCC3)cc2NC1=O. The summed E-state index contributed by atoms with van der Waals surface area (Å²) in [5.41, 5.74) is 1.60. The van der Waals surface area contributed by atoms with Gasteiger partial charge in [0, 0.05) is 0 Å². The molecular weight excluding hydrogens is 240 g/mol. The van der Waals surface area contributed by atoms with Gasteiger partial charge < -0.3 is 10.1 Å². The Hall–Kier alpha value is -2.02. The zero-order valence-electron chi connectivity index (χ0n) is 10.9. The van der Waals surface area contributed by atoms with Gasteiger partial charge in [0.2, 0.25) is 0 Å². The standard InChI is InChI=1S/C15H16N2O2/c1-10-14(18)17-12-7-11(3-4-13(12)19-10)8-15(9-16)5-2-6-15/h3-4,7,10H,2,5-6,8H2,1H3,(H,17,18). The van der Waals surface area contributed by atoms with Gasteiger partial charge in [0.15, 0.2) is 6.10 Å². The molecule has 0 radical (unpaired) electrons. The van der Waals surface area contributed by atoms with Crippen LogP contribution < -0.4 is 10.1 Å². The first-order valence-electron chi connectivity index (χ1n) is 6.64. The largest absolute Gasteiger partial charge is 0.479 e. The van der Waals surface area contributed by atoms with Gasteiger partial charge in [-0.25, -0.2) is 0 Å². The van der Waals surface area contributed by atoms with Crippen LogP contribution in [0, 0.1) is 16.7 Å². The van der Waals surface area contributed by atoms with Crippen molar-refractivity contribution in [2.45, 2.75) is 38.7 Å². The van der Waals surface area contributed by atoms with Crippen molar-refractivity contribution >= 4 is 11.6 Å². The molecule has 1 aromatic rings. The van der Waals surface area contributed by atoms with Gasteiger partial charge in [-0.15, -0.1) is 0 Å². The second-order valence-electron chi connectivity index (χ2n) is 5.50. The van der Waals surface area contributed by atoms with E-state index in [4.69, 9.17) is 4.74 Å². The zero-order chi connectivity index (χ0) is 13.5. The number of hydrogen-bond acceptors (Lipinski definition) is 3. The Kier molecular flexibility index (Phi) is 2.70. The number of fused-ring (bicyclic) bond motifs is 1. The van der Waals surface area contributed by atoms with E-state index in [1.165, 1.54) is 0 Å². The van der Waals surface area contributed by atoms with Crippen molar-refractivity contribution in [1.82, 2.24) is 0 Å². The van der Waals surface area contributed by atoms with E-state index in [1.54, 1.807) is 6.92 Å². The molecule has 19 heavy (non-hydrogen) atoms. The van der Waals surface area contributed by atoms with E-state index >= 15 is 0 Å². The molecule has 0 saturated heterocycles. The molecule has 0 spiro atoms. The highest BCUT2D eigenvalue weighted by molar-refractivity contribution is 5.97. The van der Waals surface area contributed by atoms with Gasteiger partial charge in [0.25, 0.3) is 5.91 Å². The van der Waals surface area contributed by atoms with Crippen LogP contribution in [0.25, 0.3) is 0 Å². The minimum atomic E-state index is -0.449. The summed E-state index contributed by atoms with van der Waals surface area (Å²) in [5, 5.41) is 12.1. The maximum atomic E-state index is 11.6. The van der Waals surface area contributed by atoms with Crippen LogP contribution >= 0.6 is 0 Å². The van der Waals surface area contributed by atoms with Crippen LogP contribution in [0.4, 0.5) is 5.69 Å². The summed E-state index contributed by atoms with van der Waals surface area (Å²) in [6.07, 6.45) is 3.38. The van der Waals surface area contributed by atoms with Crippen molar-refractivity contribution in [3.8, 4) is 11.8 Å². The quantitative estimate of drug-likeness (QED) is 0.884. The Morgan fingerprint density at radius 2 is 2.32 bits per heavy atom. The predicted molar refractivity (Wildman–Crippen MR) is 70.8 cm³/mol. The summed E-state index contributed by atoms with van der Waals surface area (Å²) in [6.45, 7) is 1.73. The molecule has 3 rings (SSSR count). The molecule has 2 aliphatic rings. The van der Waals surface area contributed by atoms with Crippen molar-refractivity contribution in [2.75, 3.05) is 5.32 Å². The molecule has 1 amide bonds. The molecule has 4 heteroatoms. The zero-order valence-corrected chi connectivity index (χ0v) is 10.9. The third-order valence-electron chi connectivity index (χ3n) is 4.07. The summed E-state index contributed by atoms with van der Waals surface area (Å²) in [7, 11) is 0. The Morgan fingerprint density at radius 1 is 1.53 bits per heavy atom. The topological polar surface area (TPSA) is 62.1 Å². The molecule has 1 saturated carbocycles. The fourth-order valence-corrected chi connectivity index (χ4v) is 2.69. The fraction of sp³-hybridized carbons (Fsp3) is 0.467. The van der Waals surface area contributed by atoms with Gasteiger partial charge >= 0.3 is 0 Å². The summed E-state index contributed by atoms with van der Waals surface area (Å²) >= 11 is 0. The Bertz CT molecular complexity index is 570.